The first kappa shape index (κ1) is 12.1. The van der Waals surface area contributed by atoms with Crippen molar-refractivity contribution in [2.24, 2.45) is 0 Å². The smallest absolute Gasteiger partial charge is 0.193 e. The van der Waals surface area contributed by atoms with Crippen molar-refractivity contribution in [1.29, 1.82) is 0 Å². The van der Waals surface area contributed by atoms with E-state index in [2.05, 4.69) is 13.8 Å². The molecule has 0 radical (unpaired) electrons. The summed E-state index contributed by atoms with van der Waals surface area (Å²) in [5.74, 6) is 1.98. The second-order valence-electron chi connectivity index (χ2n) is 3.22. The van der Waals surface area contributed by atoms with Crippen molar-refractivity contribution in [2.45, 2.75) is 58.5 Å². The third-order valence-electron chi connectivity index (χ3n) is 2.15. The van der Waals surface area contributed by atoms with Crippen LogP contribution in [-0.2, 0) is 0 Å². The van der Waals surface area contributed by atoms with E-state index in [9.17, 15) is 4.89 Å². The molecule has 1 N–H and O–H groups in total. The molecule has 0 amide bonds. The second kappa shape index (κ2) is 7.76. The minimum Gasteiger partial charge on any atom is -0.193 e. The molecule has 2 unspecified atom stereocenters. The third-order valence-corrected chi connectivity index (χ3v) is 3.95. The topological polar surface area (TPSA) is 20.2 Å². The summed E-state index contributed by atoms with van der Waals surface area (Å²) in [6.45, 7) is 6.37. The first-order valence-electron chi connectivity index (χ1n) is 5.02. The lowest BCUT2D eigenvalue weighted by Gasteiger charge is -2.05. The van der Waals surface area contributed by atoms with E-state index >= 15 is 0 Å². The van der Waals surface area contributed by atoms with Gasteiger partial charge in [-0.25, -0.2) is 0 Å². The summed E-state index contributed by atoms with van der Waals surface area (Å²) in [5.41, 5.74) is 0.565. The van der Waals surface area contributed by atoms with Gasteiger partial charge in [0.25, 0.3) is 0 Å². The van der Waals surface area contributed by atoms with Gasteiger partial charge in [-0.15, -0.1) is 0 Å². The summed E-state index contributed by atoms with van der Waals surface area (Å²) in [5, 5.41) is 0. The number of unbranched alkanes of at least 4 members (excludes halogenated alkanes) is 1. The molecule has 12 heavy (non-hydrogen) atoms. The lowest BCUT2D eigenvalue weighted by atomic mass is 10.1. The quantitative estimate of drug-likeness (QED) is 0.633. The Morgan fingerprint density at radius 1 is 1.25 bits per heavy atom. The molecule has 72 valence electrons. The minimum absolute atomic E-state index is 0.565. The maximum atomic E-state index is 9.68. The maximum Gasteiger partial charge on any atom is 0.249 e. The zero-order valence-corrected chi connectivity index (χ0v) is 9.48. The van der Waals surface area contributed by atoms with Crippen LogP contribution in [0.5, 0.6) is 0 Å². The average Bonchev–Trinajstić information content (AvgIpc) is 2.11. The van der Waals surface area contributed by atoms with E-state index in [4.69, 9.17) is 0 Å². The molecule has 2 atom stereocenters. The summed E-state index contributed by atoms with van der Waals surface area (Å²) in [7, 11) is -0.784. The van der Waals surface area contributed by atoms with Crippen LogP contribution in [-0.4, -0.2) is 16.3 Å². The van der Waals surface area contributed by atoms with E-state index in [0.717, 1.165) is 0 Å². The van der Waals surface area contributed by atoms with Gasteiger partial charge in [0, 0.05) is 0 Å². The molecular formula is C10H22OP+. The van der Waals surface area contributed by atoms with E-state index < -0.39 is 7.77 Å². The zero-order valence-electron chi connectivity index (χ0n) is 8.58. The van der Waals surface area contributed by atoms with E-state index in [1.807, 2.05) is 12.7 Å². The van der Waals surface area contributed by atoms with E-state index in [-0.39, 0.29) is 0 Å². The molecule has 0 fully saturated rings. The summed E-state index contributed by atoms with van der Waals surface area (Å²) in [6.07, 6.45) is 6.09. The molecule has 0 aromatic heterocycles. The molecule has 0 bridgehead atoms. The van der Waals surface area contributed by atoms with Gasteiger partial charge in [0.15, 0.2) is 0 Å². The summed E-state index contributed by atoms with van der Waals surface area (Å²) < 4.78 is 0. The van der Waals surface area contributed by atoms with Crippen LogP contribution in [0.1, 0.15) is 52.9 Å². The molecule has 0 aromatic rings. The molecule has 0 saturated heterocycles. The van der Waals surface area contributed by atoms with Crippen LogP contribution < -0.4 is 0 Å². The van der Waals surface area contributed by atoms with Crippen LogP contribution in [0.4, 0.5) is 0 Å². The maximum absolute atomic E-state index is 9.68. The minimum atomic E-state index is -0.784. The fourth-order valence-electron chi connectivity index (χ4n) is 1.39. The molecule has 0 rings (SSSR count). The predicted molar refractivity (Wildman–Crippen MR) is 59.1 cm³/mol. The normalized spacial score (nSPS) is 14.8. The van der Waals surface area contributed by atoms with Gasteiger partial charge < -0.3 is 0 Å². The largest absolute Gasteiger partial charge is 0.249 e. The van der Waals surface area contributed by atoms with Crippen molar-refractivity contribution in [3.63, 3.8) is 0 Å². The highest BCUT2D eigenvalue weighted by atomic mass is 31.1. The Morgan fingerprint density at radius 3 is 2.33 bits per heavy atom. The van der Waals surface area contributed by atoms with Crippen molar-refractivity contribution >= 4 is 13.6 Å². The van der Waals surface area contributed by atoms with Crippen molar-refractivity contribution in [3.8, 4) is 0 Å². The van der Waals surface area contributed by atoms with Crippen molar-refractivity contribution in [1.82, 2.24) is 0 Å². The van der Waals surface area contributed by atoms with Crippen molar-refractivity contribution in [3.05, 3.63) is 0 Å². The molecule has 0 aliphatic rings. The monoisotopic (exact) mass is 189 g/mol. The molecule has 0 aliphatic heterocycles. The molecule has 2 heteroatoms. The number of hydrogen-bond acceptors (Lipinski definition) is 1. The molecule has 0 saturated carbocycles. The Hall–Kier alpha value is 0.130. The van der Waals surface area contributed by atoms with E-state index in [1.165, 1.54) is 32.1 Å². The predicted octanol–water partition coefficient (Wildman–Crippen LogP) is 3.56. The van der Waals surface area contributed by atoms with Gasteiger partial charge in [-0.1, -0.05) is 26.7 Å². The Balaban J connectivity index is 3.85. The van der Waals surface area contributed by atoms with Crippen LogP contribution in [0.15, 0.2) is 0 Å². The first-order chi connectivity index (χ1) is 5.76. The second-order valence-corrected chi connectivity index (χ2v) is 5.23. The van der Waals surface area contributed by atoms with Gasteiger partial charge in [-0.3, -0.25) is 0 Å². The molecule has 0 aromatic carbocycles. The summed E-state index contributed by atoms with van der Waals surface area (Å²) >= 11 is 0. The average molecular weight is 189 g/mol. The lowest BCUT2D eigenvalue weighted by Crippen LogP contribution is -2.02. The van der Waals surface area contributed by atoms with Crippen LogP contribution >= 0.6 is 7.77 Å². The van der Waals surface area contributed by atoms with Gasteiger partial charge in [-0.2, -0.15) is 4.89 Å². The third kappa shape index (κ3) is 4.90. The van der Waals surface area contributed by atoms with Gasteiger partial charge in [0.1, 0.15) is 11.5 Å². The molecule has 1 nitrogen and oxygen atoms in total. The van der Waals surface area contributed by atoms with Gasteiger partial charge in [0.2, 0.25) is 7.77 Å². The van der Waals surface area contributed by atoms with Gasteiger partial charge in [-0.05, 0) is 26.2 Å². The highest BCUT2D eigenvalue weighted by Gasteiger charge is 2.20. The Bertz CT molecular complexity index is 132. The summed E-state index contributed by atoms with van der Waals surface area (Å²) in [6, 6.07) is 0. The van der Waals surface area contributed by atoms with Crippen molar-refractivity contribution < 1.29 is 4.89 Å². The standard InChI is InChI=1S/C10H22OP/c1-4-7-9-10(8-5-2)12(11)6-3/h6,10-11H,4-5,7-9H2,1-3H3/q+1. The Kier molecular flexibility index (Phi) is 7.85. The van der Waals surface area contributed by atoms with Crippen LogP contribution in [0.3, 0.4) is 0 Å². The first-order valence-corrected chi connectivity index (χ1v) is 6.46. The SMILES string of the molecule is CC=[P+](O)C(CCC)CCCC. The Labute approximate surface area is 77.7 Å². The van der Waals surface area contributed by atoms with Crippen LogP contribution in [0.2, 0.25) is 0 Å². The Morgan fingerprint density at radius 2 is 1.92 bits per heavy atom. The highest BCUT2D eigenvalue weighted by molar-refractivity contribution is 7.52. The zero-order chi connectivity index (χ0) is 9.40. The van der Waals surface area contributed by atoms with Gasteiger partial charge >= 0.3 is 0 Å². The van der Waals surface area contributed by atoms with Crippen LogP contribution in [0, 0.1) is 0 Å². The fraction of sp³-hybridized carbons (Fsp3) is 0.900. The van der Waals surface area contributed by atoms with Gasteiger partial charge in [0.05, 0.1) is 0 Å². The molecule has 0 heterocycles. The molecule has 0 spiro atoms. The number of rotatable bonds is 6. The number of hydrogen-bond donors (Lipinski definition) is 1. The van der Waals surface area contributed by atoms with Crippen LogP contribution in [0.25, 0.3) is 0 Å². The molecule has 0 aliphatic carbocycles. The van der Waals surface area contributed by atoms with Crippen molar-refractivity contribution in [2.75, 3.05) is 0 Å². The molecular weight excluding hydrogens is 167 g/mol. The van der Waals surface area contributed by atoms with E-state index in [0.29, 0.717) is 5.66 Å². The van der Waals surface area contributed by atoms with E-state index in [1.54, 1.807) is 0 Å². The summed E-state index contributed by atoms with van der Waals surface area (Å²) in [4.78, 5) is 9.68. The fourth-order valence-corrected chi connectivity index (χ4v) is 2.78. The lowest BCUT2D eigenvalue weighted by molar-refractivity contribution is 0.572. The highest BCUT2D eigenvalue weighted by Crippen LogP contribution is 2.31.